The molecule has 5 nitrogen and oxygen atoms in total. The number of ketones is 1. The summed E-state index contributed by atoms with van der Waals surface area (Å²) in [6, 6.07) is 11.4. The van der Waals surface area contributed by atoms with E-state index in [9.17, 15) is 4.79 Å². The molecule has 1 unspecified atom stereocenters. The van der Waals surface area contributed by atoms with Gasteiger partial charge < -0.3 is 14.2 Å². The molecule has 0 spiro atoms. The molecule has 4 rings (SSSR count). The Labute approximate surface area is 147 Å². The number of likely N-dealkylation sites (N-methyl/N-ethyl adjacent to an activating group) is 1. The quantitative estimate of drug-likeness (QED) is 0.801. The van der Waals surface area contributed by atoms with E-state index >= 15 is 0 Å². The molecule has 25 heavy (non-hydrogen) atoms. The summed E-state index contributed by atoms with van der Waals surface area (Å²) in [5.74, 6) is 2.20. The van der Waals surface area contributed by atoms with Gasteiger partial charge in [-0.15, -0.1) is 0 Å². The van der Waals surface area contributed by atoms with E-state index in [0.717, 1.165) is 29.8 Å². The van der Waals surface area contributed by atoms with Crippen molar-refractivity contribution in [2.75, 3.05) is 27.5 Å². The fourth-order valence-electron chi connectivity index (χ4n) is 3.70. The molecule has 1 atom stereocenters. The molecule has 2 aromatic rings. The number of Topliss-reactive ketones (excluding diaryl/α,β-unsaturated/α-hetero) is 1. The highest BCUT2D eigenvalue weighted by Gasteiger charge is 2.35. The van der Waals surface area contributed by atoms with Crippen molar-refractivity contribution in [3.05, 3.63) is 53.1 Å². The molecule has 2 heterocycles. The minimum atomic E-state index is -0.0408. The zero-order chi connectivity index (χ0) is 17.4. The number of hydrogen-bond donors (Lipinski definition) is 0. The van der Waals surface area contributed by atoms with Crippen LogP contribution in [0.25, 0.3) is 0 Å². The van der Waals surface area contributed by atoms with Crippen LogP contribution in [-0.2, 0) is 6.42 Å². The predicted molar refractivity (Wildman–Crippen MR) is 93.6 cm³/mol. The first-order valence-corrected chi connectivity index (χ1v) is 8.47. The van der Waals surface area contributed by atoms with Crippen LogP contribution in [0.1, 0.15) is 33.9 Å². The van der Waals surface area contributed by atoms with Crippen LogP contribution >= 0.6 is 0 Å². The standard InChI is InChI=1S/C20H21NO4/c1-21-9-8-14-10-17-19(25-12-24-17)20(23-2)18(14)15(21)11-16(22)13-6-4-3-5-7-13/h3-7,10,15H,8-9,11-12H2,1-2H3. The highest BCUT2D eigenvalue weighted by atomic mass is 16.7. The first kappa shape index (κ1) is 16.0. The third kappa shape index (κ3) is 2.74. The van der Waals surface area contributed by atoms with Crippen LogP contribution in [0.3, 0.4) is 0 Å². The number of nitrogens with zero attached hydrogens (tertiary/aromatic N) is 1. The summed E-state index contributed by atoms with van der Waals surface area (Å²) in [4.78, 5) is 15.0. The summed E-state index contributed by atoms with van der Waals surface area (Å²) in [6.07, 6.45) is 1.30. The molecule has 0 bridgehead atoms. The minimum absolute atomic E-state index is 0.0408. The Kier molecular flexibility index (Phi) is 4.09. The Hall–Kier alpha value is -2.53. The SMILES string of the molecule is COc1c2c(cc3c1C(CC(=O)c1ccccc1)N(C)CC3)OCO2. The summed E-state index contributed by atoms with van der Waals surface area (Å²) in [6.45, 7) is 1.10. The Bertz CT molecular complexity index is 803. The predicted octanol–water partition coefficient (Wildman–Crippen LogP) is 3.23. The third-order valence-corrected chi connectivity index (χ3v) is 5.02. The number of fused-ring (bicyclic) bond motifs is 2. The third-order valence-electron chi connectivity index (χ3n) is 5.02. The van der Waals surface area contributed by atoms with Crippen LogP contribution in [-0.4, -0.2) is 38.2 Å². The Morgan fingerprint density at radius 1 is 1.28 bits per heavy atom. The Morgan fingerprint density at radius 3 is 2.84 bits per heavy atom. The van der Waals surface area contributed by atoms with Crippen molar-refractivity contribution in [2.45, 2.75) is 18.9 Å². The van der Waals surface area contributed by atoms with Crippen molar-refractivity contribution in [2.24, 2.45) is 0 Å². The van der Waals surface area contributed by atoms with Gasteiger partial charge in [0.25, 0.3) is 0 Å². The maximum absolute atomic E-state index is 12.8. The van der Waals surface area contributed by atoms with Gasteiger partial charge in [0.1, 0.15) is 0 Å². The molecular formula is C20H21NO4. The van der Waals surface area contributed by atoms with Gasteiger partial charge in [0.15, 0.2) is 17.3 Å². The van der Waals surface area contributed by atoms with Crippen LogP contribution in [0.5, 0.6) is 17.2 Å². The Balaban J connectivity index is 1.74. The van der Waals surface area contributed by atoms with Crippen molar-refractivity contribution >= 4 is 5.78 Å². The average Bonchev–Trinajstić information content (AvgIpc) is 3.11. The Morgan fingerprint density at radius 2 is 2.08 bits per heavy atom. The second kappa shape index (κ2) is 6.41. The highest BCUT2D eigenvalue weighted by Crippen LogP contribution is 2.50. The lowest BCUT2D eigenvalue weighted by Gasteiger charge is -2.35. The lowest BCUT2D eigenvalue weighted by Crippen LogP contribution is -2.34. The zero-order valence-electron chi connectivity index (χ0n) is 14.5. The van der Waals surface area contributed by atoms with E-state index in [0.29, 0.717) is 17.9 Å². The summed E-state index contributed by atoms with van der Waals surface area (Å²) in [5, 5.41) is 0. The number of benzene rings is 2. The summed E-state index contributed by atoms with van der Waals surface area (Å²) < 4.78 is 16.8. The van der Waals surface area contributed by atoms with E-state index < -0.39 is 0 Å². The van der Waals surface area contributed by atoms with Crippen LogP contribution in [0.2, 0.25) is 0 Å². The fourth-order valence-corrected chi connectivity index (χ4v) is 3.70. The summed E-state index contributed by atoms with van der Waals surface area (Å²) in [7, 11) is 3.69. The number of hydrogen-bond acceptors (Lipinski definition) is 5. The van der Waals surface area contributed by atoms with Crippen LogP contribution in [0.15, 0.2) is 36.4 Å². The summed E-state index contributed by atoms with van der Waals surface area (Å²) >= 11 is 0. The van der Waals surface area contributed by atoms with Crippen molar-refractivity contribution in [3.8, 4) is 17.2 Å². The molecule has 2 aliphatic rings. The second-order valence-electron chi connectivity index (χ2n) is 6.46. The van der Waals surface area contributed by atoms with Crippen molar-refractivity contribution in [1.29, 1.82) is 0 Å². The van der Waals surface area contributed by atoms with Gasteiger partial charge in [-0.3, -0.25) is 9.69 Å². The number of methoxy groups -OCH3 is 1. The van der Waals surface area contributed by atoms with Crippen LogP contribution < -0.4 is 14.2 Å². The molecular weight excluding hydrogens is 318 g/mol. The molecule has 0 fully saturated rings. The largest absolute Gasteiger partial charge is 0.492 e. The topological polar surface area (TPSA) is 48.0 Å². The molecule has 0 aromatic heterocycles. The van der Waals surface area contributed by atoms with Gasteiger partial charge in [-0.25, -0.2) is 0 Å². The van der Waals surface area contributed by atoms with Crippen molar-refractivity contribution < 1.29 is 19.0 Å². The average molecular weight is 339 g/mol. The lowest BCUT2D eigenvalue weighted by molar-refractivity contribution is 0.0925. The highest BCUT2D eigenvalue weighted by molar-refractivity contribution is 5.96. The van der Waals surface area contributed by atoms with Crippen molar-refractivity contribution in [1.82, 2.24) is 4.90 Å². The molecule has 0 amide bonds. The van der Waals surface area contributed by atoms with Gasteiger partial charge >= 0.3 is 0 Å². The molecule has 2 aliphatic heterocycles. The maximum atomic E-state index is 12.8. The van der Waals surface area contributed by atoms with Gasteiger partial charge in [0.2, 0.25) is 12.5 Å². The van der Waals surface area contributed by atoms with Gasteiger partial charge in [-0.05, 0) is 25.1 Å². The van der Waals surface area contributed by atoms with E-state index in [2.05, 4.69) is 11.9 Å². The van der Waals surface area contributed by atoms with Gasteiger partial charge in [-0.1, -0.05) is 30.3 Å². The lowest BCUT2D eigenvalue weighted by atomic mass is 9.87. The van der Waals surface area contributed by atoms with Crippen molar-refractivity contribution in [3.63, 3.8) is 0 Å². The minimum Gasteiger partial charge on any atom is -0.492 e. The molecule has 0 radical (unpaired) electrons. The monoisotopic (exact) mass is 339 g/mol. The van der Waals surface area contributed by atoms with Gasteiger partial charge in [0, 0.05) is 30.1 Å². The molecule has 130 valence electrons. The van der Waals surface area contributed by atoms with Crippen LogP contribution in [0, 0.1) is 0 Å². The molecule has 2 aromatic carbocycles. The maximum Gasteiger partial charge on any atom is 0.231 e. The zero-order valence-corrected chi connectivity index (χ0v) is 14.5. The number of rotatable bonds is 4. The van der Waals surface area contributed by atoms with E-state index in [1.54, 1.807) is 7.11 Å². The first-order chi connectivity index (χ1) is 12.2. The summed E-state index contributed by atoms with van der Waals surface area (Å²) in [5.41, 5.74) is 2.96. The first-order valence-electron chi connectivity index (χ1n) is 8.47. The number of carbonyl (C=O) groups is 1. The molecule has 0 saturated heterocycles. The fraction of sp³-hybridized carbons (Fsp3) is 0.350. The van der Waals surface area contributed by atoms with E-state index in [4.69, 9.17) is 14.2 Å². The second-order valence-corrected chi connectivity index (χ2v) is 6.46. The smallest absolute Gasteiger partial charge is 0.231 e. The molecule has 0 saturated carbocycles. The number of ether oxygens (including phenoxy) is 3. The van der Waals surface area contributed by atoms with E-state index in [1.807, 2.05) is 36.4 Å². The molecule has 5 heteroatoms. The number of carbonyl (C=O) groups excluding carboxylic acids is 1. The molecule has 0 aliphatic carbocycles. The molecule has 0 N–H and O–H groups in total. The van der Waals surface area contributed by atoms with Crippen LogP contribution in [0.4, 0.5) is 0 Å². The normalized spacial score (nSPS) is 18.7. The van der Waals surface area contributed by atoms with Gasteiger partial charge in [-0.2, -0.15) is 0 Å². The van der Waals surface area contributed by atoms with E-state index in [1.165, 1.54) is 5.56 Å². The van der Waals surface area contributed by atoms with Gasteiger partial charge in [0.05, 0.1) is 7.11 Å². The van der Waals surface area contributed by atoms with E-state index in [-0.39, 0.29) is 18.6 Å².